The number of benzene rings is 1. The van der Waals surface area contributed by atoms with Crippen LogP contribution in [0.4, 0.5) is 11.4 Å². The van der Waals surface area contributed by atoms with Gasteiger partial charge in [-0.15, -0.1) is 0 Å². The van der Waals surface area contributed by atoms with E-state index in [1.54, 1.807) is 17.9 Å². The third-order valence-corrected chi connectivity index (χ3v) is 7.80. The van der Waals surface area contributed by atoms with Crippen molar-refractivity contribution in [3.8, 4) is 0 Å². The van der Waals surface area contributed by atoms with Gasteiger partial charge in [-0.1, -0.05) is 43.6 Å². The summed E-state index contributed by atoms with van der Waals surface area (Å²) in [6, 6.07) is 11.3. The minimum absolute atomic E-state index is 0.101. The fourth-order valence-corrected chi connectivity index (χ4v) is 5.48. The van der Waals surface area contributed by atoms with Crippen LogP contribution in [0.25, 0.3) is 0 Å². The lowest BCUT2D eigenvalue weighted by atomic mass is 10.1. The normalized spacial score (nSPS) is 18.5. The number of piperidine rings is 1. The van der Waals surface area contributed by atoms with Gasteiger partial charge in [0.25, 0.3) is 5.56 Å². The molecule has 0 amide bonds. The van der Waals surface area contributed by atoms with Crippen molar-refractivity contribution in [1.82, 2.24) is 14.1 Å². The Morgan fingerprint density at radius 3 is 2.23 bits per heavy atom. The molecule has 0 bridgehead atoms. The lowest BCUT2D eigenvalue weighted by Crippen LogP contribution is -2.38. The average Bonchev–Trinajstić information content (AvgIpc) is 3.78. The maximum Gasteiger partial charge on any atom is 0.287 e. The number of ether oxygens (including phenoxy) is 1. The third-order valence-electron chi connectivity index (χ3n) is 6.15. The van der Waals surface area contributed by atoms with E-state index in [-0.39, 0.29) is 16.6 Å². The minimum Gasteiger partial charge on any atom is -0.385 e. The highest BCUT2D eigenvalue weighted by atomic mass is 35.5. The van der Waals surface area contributed by atoms with Crippen LogP contribution < -0.4 is 15.2 Å². The van der Waals surface area contributed by atoms with Gasteiger partial charge in [0, 0.05) is 57.2 Å². The Hall–Kier alpha value is -1.74. The molecule has 0 radical (unpaired) electrons. The van der Waals surface area contributed by atoms with E-state index in [4.69, 9.17) is 16.3 Å². The Bertz CT molecular complexity index is 918. The molecule has 194 valence electrons. The molecule has 2 aromatic rings. The second kappa shape index (κ2) is 14.7. The zero-order chi connectivity index (χ0) is 25.0. The zero-order valence-corrected chi connectivity index (χ0v) is 22.9. The second-order valence-electron chi connectivity index (χ2n) is 8.68. The molecule has 3 aliphatic rings. The Balaban J connectivity index is 0.000000369. The highest BCUT2D eigenvalue weighted by molar-refractivity contribution is 7.98. The molecule has 1 aliphatic carbocycles. The van der Waals surface area contributed by atoms with Gasteiger partial charge in [0.1, 0.15) is 5.02 Å². The van der Waals surface area contributed by atoms with E-state index in [0.717, 1.165) is 39.1 Å². The number of aromatic nitrogens is 2. The number of nitrogens with one attached hydrogen (secondary N) is 1. The molecule has 3 fully saturated rings. The Labute approximate surface area is 219 Å². The average molecular weight is 522 g/mol. The van der Waals surface area contributed by atoms with Gasteiger partial charge >= 0.3 is 0 Å². The summed E-state index contributed by atoms with van der Waals surface area (Å²) in [5.74, 6) is 0. The maximum atomic E-state index is 12.5. The monoisotopic (exact) mass is 521 g/mol. The first-order valence-electron chi connectivity index (χ1n) is 13.0. The van der Waals surface area contributed by atoms with Gasteiger partial charge in [0.15, 0.2) is 0 Å². The van der Waals surface area contributed by atoms with Crippen LogP contribution in [0.5, 0.6) is 0 Å². The zero-order valence-electron chi connectivity index (χ0n) is 21.3. The summed E-state index contributed by atoms with van der Waals surface area (Å²) in [6.45, 7) is 7.84. The van der Waals surface area contributed by atoms with Crippen LogP contribution in [0.3, 0.4) is 0 Å². The Morgan fingerprint density at radius 1 is 1.06 bits per heavy atom. The quantitative estimate of drug-likeness (QED) is 0.466. The van der Waals surface area contributed by atoms with Crippen LogP contribution in [-0.4, -0.2) is 53.5 Å². The van der Waals surface area contributed by atoms with E-state index in [1.807, 2.05) is 26.0 Å². The first kappa shape index (κ1) is 27.8. The van der Waals surface area contributed by atoms with Crippen molar-refractivity contribution in [3.05, 3.63) is 51.9 Å². The minimum atomic E-state index is -0.210. The second-order valence-corrected chi connectivity index (χ2v) is 10.1. The van der Waals surface area contributed by atoms with Gasteiger partial charge in [-0.05, 0) is 57.1 Å². The van der Waals surface area contributed by atoms with Crippen LogP contribution in [-0.2, 0) is 4.74 Å². The van der Waals surface area contributed by atoms with Crippen LogP contribution >= 0.6 is 23.7 Å². The van der Waals surface area contributed by atoms with Gasteiger partial charge in [0.2, 0.25) is 0 Å². The van der Waals surface area contributed by atoms with E-state index < -0.39 is 0 Å². The lowest BCUT2D eigenvalue weighted by Gasteiger charge is -2.35. The number of halogens is 1. The molecule has 1 N–H and O–H groups in total. The molecule has 1 aromatic heterocycles. The van der Waals surface area contributed by atoms with Crippen LogP contribution in [0.15, 0.2) is 41.3 Å². The van der Waals surface area contributed by atoms with E-state index >= 15 is 0 Å². The van der Waals surface area contributed by atoms with Crippen molar-refractivity contribution in [2.45, 2.75) is 70.9 Å². The predicted octanol–water partition coefficient (Wildman–Crippen LogP) is 6.02. The summed E-state index contributed by atoms with van der Waals surface area (Å²) < 4.78 is 11.5. The third kappa shape index (κ3) is 8.13. The fourth-order valence-electron chi connectivity index (χ4n) is 4.07. The van der Waals surface area contributed by atoms with Gasteiger partial charge in [-0.3, -0.25) is 4.79 Å². The number of anilines is 2. The standard InChI is InChI=1S/C19H24ClN5OS.C5H10O.C2H6/c1-21-17-13-22-24(19(26)18(17)20)14-9-11-23(12-10-14)27-25(16-7-8-16)15-5-3-2-4-6-15;1-2-4-6-5-3-1;1-2/h2-6,13-14,16,21H,7-12H2,1H3;1-5H2;1-2H3. The van der Waals surface area contributed by atoms with E-state index in [2.05, 4.69) is 49.4 Å². The lowest BCUT2D eigenvalue weighted by molar-refractivity contribution is 0.0968. The predicted molar refractivity (Wildman–Crippen MR) is 148 cm³/mol. The molecule has 2 aliphatic heterocycles. The number of hydrogen-bond donors (Lipinski definition) is 1. The molecule has 9 heteroatoms. The fraction of sp³-hybridized carbons (Fsp3) is 0.615. The van der Waals surface area contributed by atoms with Crippen molar-refractivity contribution in [1.29, 1.82) is 0 Å². The smallest absolute Gasteiger partial charge is 0.287 e. The number of hydrogen-bond acceptors (Lipinski definition) is 7. The molecular weight excluding hydrogens is 482 g/mol. The summed E-state index contributed by atoms with van der Waals surface area (Å²) in [7, 11) is 1.74. The molecule has 0 unspecified atom stereocenters. The largest absolute Gasteiger partial charge is 0.385 e. The van der Waals surface area contributed by atoms with Crippen molar-refractivity contribution in [2.24, 2.45) is 0 Å². The first-order valence-corrected chi connectivity index (χ1v) is 14.1. The Morgan fingerprint density at radius 2 is 1.71 bits per heavy atom. The SMILES string of the molecule is C1CCOCC1.CC.CNc1cnn(C2CCN(SN(c3ccccc3)C3CC3)CC2)c(=O)c1Cl. The van der Waals surface area contributed by atoms with Gasteiger partial charge < -0.3 is 14.4 Å². The van der Waals surface area contributed by atoms with E-state index in [1.165, 1.54) is 37.8 Å². The molecule has 1 aromatic carbocycles. The van der Waals surface area contributed by atoms with Crippen molar-refractivity contribution < 1.29 is 4.74 Å². The summed E-state index contributed by atoms with van der Waals surface area (Å²) in [5.41, 5.74) is 1.63. The van der Waals surface area contributed by atoms with Crippen molar-refractivity contribution >= 4 is 35.1 Å². The summed E-state index contributed by atoms with van der Waals surface area (Å²) in [4.78, 5) is 12.5. The molecule has 0 atom stereocenters. The highest BCUT2D eigenvalue weighted by Gasteiger charge is 2.33. The number of rotatable bonds is 6. The molecule has 1 saturated carbocycles. The molecule has 7 nitrogen and oxygen atoms in total. The van der Waals surface area contributed by atoms with Crippen LogP contribution in [0.2, 0.25) is 5.02 Å². The van der Waals surface area contributed by atoms with Crippen LogP contribution in [0.1, 0.15) is 64.8 Å². The highest BCUT2D eigenvalue weighted by Crippen LogP contribution is 2.39. The molecule has 35 heavy (non-hydrogen) atoms. The molecule has 0 spiro atoms. The van der Waals surface area contributed by atoms with Gasteiger partial charge in [-0.2, -0.15) is 5.10 Å². The van der Waals surface area contributed by atoms with E-state index in [0.29, 0.717) is 11.7 Å². The molecule has 3 heterocycles. The summed E-state index contributed by atoms with van der Waals surface area (Å²) >= 11 is 7.99. The summed E-state index contributed by atoms with van der Waals surface area (Å²) in [6.07, 6.45) is 9.86. The maximum absolute atomic E-state index is 12.5. The molecular formula is C26H40ClN5O2S. The molecule has 2 saturated heterocycles. The number of nitrogens with zero attached hydrogens (tertiary/aromatic N) is 4. The van der Waals surface area contributed by atoms with Crippen molar-refractivity contribution in [3.63, 3.8) is 0 Å². The summed E-state index contributed by atoms with van der Waals surface area (Å²) in [5, 5.41) is 7.44. The van der Waals surface area contributed by atoms with Gasteiger partial charge in [0.05, 0.1) is 17.9 Å². The van der Waals surface area contributed by atoms with Crippen LogP contribution in [0, 0.1) is 0 Å². The Kier molecular flexibility index (Phi) is 11.7. The topological polar surface area (TPSA) is 62.6 Å². The van der Waals surface area contributed by atoms with Crippen molar-refractivity contribution in [2.75, 3.05) is 43.0 Å². The number of para-hydroxylation sites is 1. The molecule has 5 rings (SSSR count). The van der Waals surface area contributed by atoms with E-state index in [9.17, 15) is 4.79 Å². The first-order chi connectivity index (χ1) is 17.2. The van der Waals surface area contributed by atoms with Gasteiger partial charge in [-0.25, -0.2) is 8.99 Å².